The molecule has 0 spiro atoms. The number of alkyl halides is 6. The molecule has 272 valence electrons. The fraction of sp³-hybridized carbons (Fsp3) is 0.533. The van der Waals surface area contributed by atoms with Crippen molar-refractivity contribution in [1.29, 1.82) is 0 Å². The minimum absolute atomic E-state index is 0.208. The van der Waals surface area contributed by atoms with E-state index in [2.05, 4.69) is 12.6 Å². The highest BCUT2D eigenvalue weighted by Gasteiger charge is 2.50. The molecule has 49 heavy (non-hydrogen) atoms. The minimum Gasteiger partial charge on any atom is -0.459 e. The van der Waals surface area contributed by atoms with Gasteiger partial charge in [0.05, 0.1) is 33.6 Å². The van der Waals surface area contributed by atoms with E-state index in [4.69, 9.17) is 23.7 Å². The Bertz CT molecular complexity index is 1400. The van der Waals surface area contributed by atoms with Crippen molar-refractivity contribution in [3.63, 3.8) is 0 Å². The number of halogens is 6. The molecule has 2 aromatic carbocycles. The van der Waals surface area contributed by atoms with Crippen molar-refractivity contribution >= 4 is 24.6 Å². The predicted molar refractivity (Wildman–Crippen MR) is 154 cm³/mol. The van der Waals surface area contributed by atoms with E-state index < -0.39 is 120 Å². The van der Waals surface area contributed by atoms with Gasteiger partial charge in [0, 0.05) is 0 Å². The van der Waals surface area contributed by atoms with Gasteiger partial charge < -0.3 is 49.2 Å². The fourth-order valence-corrected chi connectivity index (χ4v) is 5.39. The molecular formula is C30H32F6O12S. The molecule has 19 heteroatoms. The van der Waals surface area contributed by atoms with Crippen LogP contribution in [0.5, 0.6) is 0 Å². The quantitative estimate of drug-likeness (QED) is 0.132. The highest BCUT2D eigenvalue weighted by Crippen LogP contribution is 2.35. The van der Waals surface area contributed by atoms with Gasteiger partial charge in [0.15, 0.2) is 12.6 Å². The topological polar surface area (TPSA) is 181 Å². The van der Waals surface area contributed by atoms with Crippen molar-refractivity contribution < 1.29 is 85.1 Å². The zero-order valence-corrected chi connectivity index (χ0v) is 26.4. The fourth-order valence-electron chi connectivity index (χ4n) is 5.08. The molecule has 0 aromatic heterocycles. The highest BCUT2D eigenvalue weighted by molar-refractivity contribution is 7.81. The summed E-state index contributed by atoms with van der Waals surface area (Å²) in [7, 11) is 0. The molecule has 0 saturated carbocycles. The number of aryl methyl sites for hydroxylation is 2. The van der Waals surface area contributed by atoms with Gasteiger partial charge in [-0.3, -0.25) is 0 Å². The molecule has 2 heterocycles. The number of thiol groups is 1. The molecule has 5 N–H and O–H groups in total. The smallest absolute Gasteiger partial charge is 0.417 e. The summed E-state index contributed by atoms with van der Waals surface area (Å²) < 4.78 is 107. The molecule has 12 nitrogen and oxygen atoms in total. The first-order valence-electron chi connectivity index (χ1n) is 14.5. The van der Waals surface area contributed by atoms with E-state index in [1.54, 1.807) is 0 Å². The molecule has 10 atom stereocenters. The Balaban J connectivity index is 1.44. The molecule has 2 aromatic rings. The van der Waals surface area contributed by atoms with Crippen molar-refractivity contribution in [3.05, 3.63) is 69.8 Å². The Morgan fingerprint density at radius 3 is 1.51 bits per heavy atom. The number of aliphatic hydroxyl groups excluding tert-OH is 5. The van der Waals surface area contributed by atoms with E-state index in [1.807, 2.05) is 0 Å². The molecular weight excluding hydrogens is 698 g/mol. The van der Waals surface area contributed by atoms with E-state index in [9.17, 15) is 61.5 Å². The normalized spacial score (nSPS) is 30.9. The molecule has 0 aliphatic carbocycles. The largest absolute Gasteiger partial charge is 0.459 e. The van der Waals surface area contributed by atoms with Gasteiger partial charge in [-0.05, 0) is 38.1 Å². The second-order valence-electron chi connectivity index (χ2n) is 11.5. The average molecular weight is 731 g/mol. The van der Waals surface area contributed by atoms with Crippen LogP contribution in [0.25, 0.3) is 0 Å². The molecule has 0 bridgehead atoms. The summed E-state index contributed by atoms with van der Waals surface area (Å²) in [6.07, 6.45) is -26.5. The number of aliphatic hydroxyl groups is 5. The molecule has 2 aliphatic heterocycles. The number of rotatable bonds is 8. The zero-order chi connectivity index (χ0) is 36.6. The van der Waals surface area contributed by atoms with Gasteiger partial charge in [-0.1, -0.05) is 23.3 Å². The Hall–Kier alpha value is -3.01. The van der Waals surface area contributed by atoms with Crippen LogP contribution < -0.4 is 0 Å². The van der Waals surface area contributed by atoms with Gasteiger partial charge in [-0.2, -0.15) is 39.0 Å². The van der Waals surface area contributed by atoms with Crippen LogP contribution in [0.2, 0.25) is 0 Å². The van der Waals surface area contributed by atoms with Crippen molar-refractivity contribution in [3.8, 4) is 0 Å². The summed E-state index contributed by atoms with van der Waals surface area (Å²) in [4.78, 5) is 25.2. The van der Waals surface area contributed by atoms with E-state index in [1.165, 1.54) is 26.0 Å². The molecule has 2 fully saturated rings. The van der Waals surface area contributed by atoms with E-state index in [0.29, 0.717) is 0 Å². The molecule has 2 aliphatic rings. The highest BCUT2D eigenvalue weighted by atomic mass is 32.1. The van der Waals surface area contributed by atoms with Crippen LogP contribution in [0, 0.1) is 13.8 Å². The number of carbonyl (C=O) groups excluding carboxylic acids is 2. The predicted octanol–water partition coefficient (Wildman–Crippen LogP) is 1.92. The summed E-state index contributed by atoms with van der Waals surface area (Å²) in [5.41, 5.74) is -3.82. The Morgan fingerprint density at radius 2 is 1.08 bits per heavy atom. The number of ether oxygens (including phenoxy) is 5. The van der Waals surface area contributed by atoms with Crippen LogP contribution >= 0.6 is 12.6 Å². The first-order chi connectivity index (χ1) is 22.7. The van der Waals surface area contributed by atoms with Crippen LogP contribution in [-0.4, -0.2) is 111 Å². The number of carbonyl (C=O) groups is 2. The average Bonchev–Trinajstić information content (AvgIpc) is 3.02. The number of hydrogen-bond donors (Lipinski definition) is 6. The first kappa shape index (κ1) is 38.8. The van der Waals surface area contributed by atoms with Gasteiger partial charge in [-0.25, -0.2) is 9.59 Å². The van der Waals surface area contributed by atoms with Gasteiger partial charge >= 0.3 is 24.3 Å². The summed E-state index contributed by atoms with van der Waals surface area (Å²) in [6, 6.07) is 5.73. The third-order valence-corrected chi connectivity index (χ3v) is 8.31. The second-order valence-corrected chi connectivity index (χ2v) is 12.1. The maximum absolute atomic E-state index is 13.5. The molecule has 0 radical (unpaired) electrons. The third kappa shape index (κ3) is 8.84. The summed E-state index contributed by atoms with van der Waals surface area (Å²) in [5, 5.41) is 50.9. The summed E-state index contributed by atoms with van der Waals surface area (Å²) >= 11 is 4.11. The van der Waals surface area contributed by atoms with Gasteiger partial charge in [0.1, 0.15) is 49.8 Å². The van der Waals surface area contributed by atoms with E-state index in [-0.39, 0.29) is 11.1 Å². The van der Waals surface area contributed by atoms with E-state index >= 15 is 0 Å². The zero-order valence-electron chi connectivity index (χ0n) is 25.5. The van der Waals surface area contributed by atoms with Crippen LogP contribution in [0.15, 0.2) is 36.4 Å². The van der Waals surface area contributed by atoms with Crippen LogP contribution in [0.4, 0.5) is 26.3 Å². The van der Waals surface area contributed by atoms with Crippen molar-refractivity contribution in [2.45, 2.75) is 86.8 Å². The lowest BCUT2D eigenvalue weighted by Crippen LogP contribution is -2.63. The SMILES string of the molecule is Cc1ccc(C(=O)OCC2OC(OC3OC(COC(=O)c4ccc(C)cc4C(F)(F)F)C(O)C(O)C3S)C(O)C(O)C2O)c(C(F)(F)F)c1. The monoisotopic (exact) mass is 730 g/mol. The van der Waals surface area contributed by atoms with Gasteiger partial charge in [-0.15, -0.1) is 0 Å². The maximum atomic E-state index is 13.5. The number of benzene rings is 2. The van der Waals surface area contributed by atoms with Crippen molar-refractivity contribution in [1.82, 2.24) is 0 Å². The Kier molecular flexibility index (Phi) is 11.9. The lowest BCUT2D eigenvalue weighted by molar-refractivity contribution is -0.355. The molecule has 4 rings (SSSR count). The van der Waals surface area contributed by atoms with Crippen LogP contribution in [0.3, 0.4) is 0 Å². The minimum atomic E-state index is -4.91. The first-order valence-corrected chi connectivity index (χ1v) is 15.0. The lowest BCUT2D eigenvalue weighted by Gasteiger charge is -2.45. The molecule has 10 unspecified atom stereocenters. The Morgan fingerprint density at radius 1 is 0.673 bits per heavy atom. The number of esters is 2. The Labute approximate surface area is 279 Å². The van der Waals surface area contributed by atoms with Crippen LogP contribution in [-0.2, 0) is 36.0 Å². The van der Waals surface area contributed by atoms with Gasteiger partial charge in [0.2, 0.25) is 0 Å². The van der Waals surface area contributed by atoms with Crippen molar-refractivity contribution in [2.24, 2.45) is 0 Å². The maximum Gasteiger partial charge on any atom is 0.417 e. The number of hydrogen-bond acceptors (Lipinski definition) is 13. The summed E-state index contributed by atoms with van der Waals surface area (Å²) in [6.45, 7) is 0.909. The van der Waals surface area contributed by atoms with Crippen LogP contribution in [0.1, 0.15) is 43.0 Å². The van der Waals surface area contributed by atoms with Gasteiger partial charge in [0.25, 0.3) is 0 Å². The third-order valence-electron chi connectivity index (χ3n) is 7.76. The molecule has 2 saturated heterocycles. The standard InChI is InChI=1S/C30H32F6O12S/c1-11-3-5-13(15(7-11)29(31,32)33)25(42)44-9-17-19(37)21(39)23(41)27(46-17)48-28-24(49)22(40)20(38)18(47-28)10-45-26(43)14-6-4-12(2)8-16(14)30(34,35)36/h3-8,17-24,27-28,37-41,49H,9-10H2,1-2H3. The molecule has 0 amide bonds. The second kappa shape index (κ2) is 15.1. The van der Waals surface area contributed by atoms with Crippen molar-refractivity contribution in [2.75, 3.05) is 13.2 Å². The lowest BCUT2D eigenvalue weighted by atomic mass is 9.98. The van der Waals surface area contributed by atoms with E-state index in [0.717, 1.165) is 24.3 Å². The summed E-state index contributed by atoms with van der Waals surface area (Å²) in [5.74, 6) is -2.88.